The maximum atomic E-state index is 13.4. The molecule has 1 aromatic heterocycles. The number of carbonyl (C=O) groups excluding carboxylic acids is 2. The van der Waals surface area contributed by atoms with Gasteiger partial charge < -0.3 is 20.1 Å². The van der Waals surface area contributed by atoms with E-state index in [4.69, 9.17) is 4.74 Å². The van der Waals surface area contributed by atoms with Crippen LogP contribution in [0, 0.1) is 0 Å². The number of amides is 2. The summed E-state index contributed by atoms with van der Waals surface area (Å²) in [5, 5.41) is 14.1. The SMILES string of the molecule is O=C(NC(C(=O)N1CCSCC1C(=O)O)c1cccs1)OCC1c2ccccc2-c2ccccc21. The van der Waals surface area contributed by atoms with Crippen molar-refractivity contribution < 1.29 is 24.2 Å². The van der Waals surface area contributed by atoms with E-state index in [0.717, 1.165) is 22.3 Å². The number of hydrogen-bond acceptors (Lipinski definition) is 6. The van der Waals surface area contributed by atoms with Gasteiger partial charge in [0, 0.05) is 28.8 Å². The molecule has 0 radical (unpaired) electrons. The second kappa shape index (κ2) is 10.1. The number of benzene rings is 2. The number of carboxylic acid groups (broad SMARTS) is 1. The number of fused-ring (bicyclic) bond motifs is 3. The highest BCUT2D eigenvalue weighted by molar-refractivity contribution is 7.99. The Bertz CT molecular complexity index is 1200. The van der Waals surface area contributed by atoms with Crippen LogP contribution in [0.4, 0.5) is 4.79 Å². The number of hydrogen-bond donors (Lipinski definition) is 2. The van der Waals surface area contributed by atoms with E-state index in [1.807, 2.05) is 41.8 Å². The summed E-state index contributed by atoms with van der Waals surface area (Å²) in [6.07, 6.45) is -0.711. The summed E-state index contributed by atoms with van der Waals surface area (Å²) in [7, 11) is 0. The van der Waals surface area contributed by atoms with E-state index in [-0.39, 0.29) is 12.5 Å². The van der Waals surface area contributed by atoms with Gasteiger partial charge in [-0.1, -0.05) is 54.6 Å². The molecule has 1 aliphatic heterocycles. The third kappa shape index (κ3) is 4.66. The minimum atomic E-state index is -1.04. The molecule has 35 heavy (non-hydrogen) atoms. The van der Waals surface area contributed by atoms with E-state index >= 15 is 0 Å². The van der Waals surface area contributed by atoms with Crippen molar-refractivity contribution in [1.29, 1.82) is 0 Å². The van der Waals surface area contributed by atoms with Crippen LogP contribution in [-0.2, 0) is 14.3 Å². The predicted octanol–water partition coefficient (Wildman–Crippen LogP) is 4.36. The normalized spacial score (nSPS) is 17.8. The highest BCUT2D eigenvalue weighted by atomic mass is 32.2. The summed E-state index contributed by atoms with van der Waals surface area (Å²) >= 11 is 2.83. The van der Waals surface area contributed by atoms with Gasteiger partial charge in [0.15, 0.2) is 0 Å². The number of nitrogens with one attached hydrogen (secondary N) is 1. The standard InChI is InChI=1S/C26H24N2O5S2/c29-24(28-11-13-34-15-21(28)25(30)31)23(22-10-5-12-35-22)27-26(32)33-14-20-18-8-3-1-6-16(18)17-7-2-4-9-19(17)20/h1-10,12,20-21,23H,11,13-15H2,(H,27,32)(H,30,31). The van der Waals surface area contributed by atoms with Crippen molar-refractivity contribution in [3.63, 3.8) is 0 Å². The quantitative estimate of drug-likeness (QED) is 0.514. The van der Waals surface area contributed by atoms with Crippen molar-refractivity contribution in [2.45, 2.75) is 18.0 Å². The summed E-state index contributed by atoms with van der Waals surface area (Å²) in [6, 6.07) is 17.8. The number of rotatable bonds is 6. The monoisotopic (exact) mass is 508 g/mol. The average molecular weight is 509 g/mol. The molecular formula is C26H24N2O5S2. The van der Waals surface area contributed by atoms with Crippen LogP contribution < -0.4 is 5.32 Å². The minimum Gasteiger partial charge on any atom is -0.480 e. The number of carboxylic acids is 1. The maximum absolute atomic E-state index is 13.4. The highest BCUT2D eigenvalue weighted by Crippen LogP contribution is 2.44. The lowest BCUT2D eigenvalue weighted by Crippen LogP contribution is -2.54. The first-order chi connectivity index (χ1) is 17.0. The van der Waals surface area contributed by atoms with Gasteiger partial charge in [-0.15, -0.1) is 11.3 Å². The molecule has 1 saturated heterocycles. The van der Waals surface area contributed by atoms with E-state index in [1.54, 1.807) is 12.1 Å². The molecule has 2 aromatic carbocycles. The van der Waals surface area contributed by atoms with E-state index in [0.29, 0.717) is 22.9 Å². The molecule has 0 spiro atoms. The number of thioether (sulfide) groups is 1. The molecular weight excluding hydrogens is 484 g/mol. The van der Waals surface area contributed by atoms with Gasteiger partial charge in [0.05, 0.1) is 0 Å². The second-order valence-electron chi connectivity index (χ2n) is 8.38. The van der Waals surface area contributed by atoms with Crippen LogP contribution in [-0.4, -0.2) is 58.7 Å². The number of nitrogens with zero attached hydrogens (tertiary/aromatic N) is 1. The molecule has 3 aromatic rings. The summed E-state index contributed by atoms with van der Waals surface area (Å²) in [6.45, 7) is 0.442. The Labute approximate surface area is 211 Å². The number of aliphatic carboxylic acids is 1. The zero-order chi connectivity index (χ0) is 24.4. The minimum absolute atomic E-state index is 0.0976. The average Bonchev–Trinajstić information content (AvgIpc) is 3.52. The maximum Gasteiger partial charge on any atom is 0.408 e. The summed E-state index contributed by atoms with van der Waals surface area (Å²) in [5.74, 6) is -0.606. The van der Waals surface area contributed by atoms with Gasteiger partial charge in [-0.05, 0) is 33.7 Å². The number of thiophene rings is 1. The first kappa shape index (κ1) is 23.4. The Morgan fingerprint density at radius 2 is 1.71 bits per heavy atom. The number of ether oxygens (including phenoxy) is 1. The molecule has 2 unspecified atom stereocenters. The summed E-state index contributed by atoms with van der Waals surface area (Å²) in [5.41, 5.74) is 4.46. The van der Waals surface area contributed by atoms with E-state index in [9.17, 15) is 19.5 Å². The Morgan fingerprint density at radius 1 is 1.03 bits per heavy atom. The van der Waals surface area contributed by atoms with Crippen molar-refractivity contribution in [3.8, 4) is 11.1 Å². The largest absolute Gasteiger partial charge is 0.480 e. The van der Waals surface area contributed by atoms with E-state index in [1.165, 1.54) is 28.0 Å². The van der Waals surface area contributed by atoms with Crippen molar-refractivity contribution in [3.05, 3.63) is 82.0 Å². The Balaban J connectivity index is 1.32. The van der Waals surface area contributed by atoms with Gasteiger partial charge >= 0.3 is 12.1 Å². The molecule has 9 heteroatoms. The van der Waals surface area contributed by atoms with Crippen LogP contribution >= 0.6 is 23.1 Å². The van der Waals surface area contributed by atoms with E-state index < -0.39 is 30.1 Å². The van der Waals surface area contributed by atoms with Crippen molar-refractivity contribution in [2.75, 3.05) is 24.7 Å². The zero-order valence-electron chi connectivity index (χ0n) is 18.8. The van der Waals surface area contributed by atoms with Gasteiger partial charge in [0.2, 0.25) is 0 Å². The third-order valence-electron chi connectivity index (χ3n) is 6.38. The van der Waals surface area contributed by atoms with Crippen LogP contribution in [0.25, 0.3) is 11.1 Å². The predicted molar refractivity (Wildman–Crippen MR) is 136 cm³/mol. The van der Waals surface area contributed by atoms with Crippen LogP contribution in [0.2, 0.25) is 0 Å². The van der Waals surface area contributed by atoms with Gasteiger partial charge in [-0.25, -0.2) is 9.59 Å². The lowest BCUT2D eigenvalue weighted by molar-refractivity contribution is -0.150. The van der Waals surface area contributed by atoms with Gasteiger partial charge in [-0.3, -0.25) is 4.79 Å². The van der Waals surface area contributed by atoms with Gasteiger partial charge in [0.25, 0.3) is 5.91 Å². The zero-order valence-corrected chi connectivity index (χ0v) is 20.4. The first-order valence-corrected chi connectivity index (χ1v) is 13.3. The molecule has 0 bridgehead atoms. The Hall–Kier alpha value is -3.30. The Kier molecular flexibility index (Phi) is 6.79. The molecule has 1 aliphatic carbocycles. The van der Waals surface area contributed by atoms with Crippen molar-refractivity contribution in [2.24, 2.45) is 0 Å². The molecule has 2 heterocycles. The van der Waals surface area contributed by atoms with Crippen molar-refractivity contribution >= 4 is 41.1 Å². The van der Waals surface area contributed by atoms with Crippen LogP contribution in [0.15, 0.2) is 66.0 Å². The van der Waals surface area contributed by atoms with Crippen LogP contribution in [0.5, 0.6) is 0 Å². The number of alkyl carbamates (subject to hydrolysis) is 1. The molecule has 180 valence electrons. The lowest BCUT2D eigenvalue weighted by Gasteiger charge is -2.35. The first-order valence-electron chi connectivity index (χ1n) is 11.3. The molecule has 1 fully saturated rings. The van der Waals surface area contributed by atoms with Crippen LogP contribution in [0.1, 0.15) is 28.0 Å². The Morgan fingerprint density at radius 3 is 2.34 bits per heavy atom. The third-order valence-corrected chi connectivity index (χ3v) is 8.34. The molecule has 5 rings (SSSR count). The number of carbonyl (C=O) groups is 3. The smallest absolute Gasteiger partial charge is 0.408 e. The topological polar surface area (TPSA) is 95.9 Å². The lowest BCUT2D eigenvalue weighted by atomic mass is 9.98. The fraction of sp³-hybridized carbons (Fsp3) is 0.269. The summed E-state index contributed by atoms with van der Waals surface area (Å²) < 4.78 is 5.64. The van der Waals surface area contributed by atoms with E-state index in [2.05, 4.69) is 17.4 Å². The molecule has 2 N–H and O–H groups in total. The molecule has 2 amide bonds. The van der Waals surface area contributed by atoms with Gasteiger partial charge in [-0.2, -0.15) is 11.8 Å². The molecule has 0 saturated carbocycles. The molecule has 7 nitrogen and oxygen atoms in total. The van der Waals surface area contributed by atoms with Gasteiger partial charge in [0.1, 0.15) is 18.7 Å². The highest BCUT2D eigenvalue weighted by Gasteiger charge is 2.38. The fourth-order valence-corrected chi connectivity index (χ4v) is 6.51. The van der Waals surface area contributed by atoms with Crippen LogP contribution in [0.3, 0.4) is 0 Å². The van der Waals surface area contributed by atoms with Crippen molar-refractivity contribution in [1.82, 2.24) is 10.2 Å². The molecule has 2 aliphatic rings. The fourth-order valence-electron chi connectivity index (χ4n) is 4.71. The second-order valence-corrected chi connectivity index (χ2v) is 10.5. The summed E-state index contributed by atoms with van der Waals surface area (Å²) in [4.78, 5) is 40.1. The molecule has 2 atom stereocenters.